The molecular formula is C23H40N2S. The minimum absolute atomic E-state index is 0.738. The van der Waals surface area contributed by atoms with Crippen molar-refractivity contribution in [3.63, 3.8) is 0 Å². The van der Waals surface area contributed by atoms with Gasteiger partial charge in [-0.15, -0.1) is 0 Å². The van der Waals surface area contributed by atoms with Gasteiger partial charge in [0.2, 0.25) is 0 Å². The first-order valence-corrected chi connectivity index (χ1v) is 11.3. The zero-order valence-corrected chi connectivity index (χ0v) is 17.9. The van der Waals surface area contributed by atoms with Crippen molar-refractivity contribution in [3.05, 3.63) is 29.8 Å². The predicted octanol–water partition coefficient (Wildman–Crippen LogP) is 7.24. The van der Waals surface area contributed by atoms with Crippen LogP contribution in [0, 0.1) is 0 Å². The quantitative estimate of drug-likeness (QED) is 0.249. The molecule has 2 N–H and O–H groups in total. The number of unbranched alkanes of at least 4 members (excludes halogenated alkanes) is 10. The third-order valence-corrected chi connectivity index (χ3v) is 5.09. The Kier molecular flexibility index (Phi) is 14.2. The molecule has 0 atom stereocenters. The van der Waals surface area contributed by atoms with Crippen LogP contribution in [-0.4, -0.2) is 11.7 Å². The van der Waals surface area contributed by atoms with Crippen molar-refractivity contribution in [1.29, 1.82) is 0 Å². The molecule has 0 aliphatic rings. The number of nitrogens with one attached hydrogen (secondary N) is 2. The Balaban J connectivity index is 1.98. The summed E-state index contributed by atoms with van der Waals surface area (Å²) in [6.07, 6.45) is 17.3. The Bertz CT molecular complexity index is 456. The predicted molar refractivity (Wildman–Crippen MR) is 121 cm³/mol. The molecule has 0 heterocycles. The van der Waals surface area contributed by atoms with Gasteiger partial charge in [-0.05, 0) is 49.2 Å². The van der Waals surface area contributed by atoms with E-state index in [0.29, 0.717) is 0 Å². The fraction of sp³-hybridized carbons (Fsp3) is 0.696. The molecule has 2 nitrogen and oxygen atoms in total. The number of aryl methyl sites for hydroxylation is 1. The maximum atomic E-state index is 5.39. The van der Waals surface area contributed by atoms with Gasteiger partial charge < -0.3 is 10.6 Å². The molecule has 1 aromatic carbocycles. The van der Waals surface area contributed by atoms with E-state index in [2.05, 4.69) is 48.7 Å². The van der Waals surface area contributed by atoms with Crippen molar-refractivity contribution in [1.82, 2.24) is 5.32 Å². The van der Waals surface area contributed by atoms with E-state index >= 15 is 0 Å². The number of rotatable bonds is 15. The van der Waals surface area contributed by atoms with Gasteiger partial charge in [0.05, 0.1) is 0 Å². The zero-order chi connectivity index (χ0) is 18.9. The summed E-state index contributed by atoms with van der Waals surface area (Å²) in [5.41, 5.74) is 2.48. The Morgan fingerprint density at radius 2 is 1.27 bits per heavy atom. The van der Waals surface area contributed by atoms with Crippen LogP contribution in [0.1, 0.15) is 96.5 Å². The highest BCUT2D eigenvalue weighted by Gasteiger charge is 1.99. The first kappa shape index (κ1) is 23.0. The Labute approximate surface area is 167 Å². The molecule has 148 valence electrons. The maximum Gasteiger partial charge on any atom is 0.170 e. The number of hydrogen-bond acceptors (Lipinski definition) is 1. The van der Waals surface area contributed by atoms with Gasteiger partial charge in [0.15, 0.2) is 5.11 Å². The molecule has 1 aromatic rings. The molecular weight excluding hydrogens is 336 g/mol. The summed E-state index contributed by atoms with van der Waals surface area (Å²) in [6, 6.07) is 8.64. The summed E-state index contributed by atoms with van der Waals surface area (Å²) in [5, 5.41) is 7.34. The second-order valence-electron chi connectivity index (χ2n) is 7.36. The number of anilines is 1. The largest absolute Gasteiger partial charge is 0.362 e. The van der Waals surface area contributed by atoms with Gasteiger partial charge in [0.25, 0.3) is 0 Å². The number of hydrogen-bond donors (Lipinski definition) is 2. The van der Waals surface area contributed by atoms with E-state index in [1.54, 1.807) is 0 Å². The molecule has 0 saturated carbocycles. The second-order valence-corrected chi connectivity index (χ2v) is 7.77. The van der Waals surface area contributed by atoms with Crippen LogP contribution in [0.3, 0.4) is 0 Å². The summed E-state index contributed by atoms with van der Waals surface area (Å²) in [5.74, 6) is 0. The van der Waals surface area contributed by atoms with Gasteiger partial charge in [-0.2, -0.15) is 0 Å². The van der Waals surface area contributed by atoms with Crippen LogP contribution in [0.2, 0.25) is 0 Å². The summed E-state index contributed by atoms with van der Waals surface area (Å²) in [6.45, 7) is 5.48. The average Bonchev–Trinajstić information content (AvgIpc) is 2.65. The highest BCUT2D eigenvalue weighted by Crippen LogP contribution is 2.12. The minimum Gasteiger partial charge on any atom is -0.362 e. The SMILES string of the molecule is CCCCCCCCCCCCNC(=S)Nc1ccc(CCCC)cc1. The second kappa shape index (κ2) is 16.1. The van der Waals surface area contributed by atoms with Crippen LogP contribution in [-0.2, 0) is 6.42 Å². The van der Waals surface area contributed by atoms with Crippen LogP contribution >= 0.6 is 12.2 Å². The Morgan fingerprint density at radius 1 is 0.731 bits per heavy atom. The fourth-order valence-corrected chi connectivity index (χ4v) is 3.35. The first-order valence-electron chi connectivity index (χ1n) is 10.9. The third-order valence-electron chi connectivity index (χ3n) is 4.85. The van der Waals surface area contributed by atoms with E-state index < -0.39 is 0 Å². The van der Waals surface area contributed by atoms with Crippen molar-refractivity contribution in [2.45, 2.75) is 97.3 Å². The highest BCUT2D eigenvalue weighted by atomic mass is 32.1. The molecule has 0 unspecified atom stereocenters. The van der Waals surface area contributed by atoms with Gasteiger partial charge in [-0.3, -0.25) is 0 Å². The lowest BCUT2D eigenvalue weighted by Crippen LogP contribution is -2.29. The van der Waals surface area contributed by atoms with E-state index in [-0.39, 0.29) is 0 Å². The van der Waals surface area contributed by atoms with Gasteiger partial charge in [0.1, 0.15) is 0 Å². The monoisotopic (exact) mass is 376 g/mol. The molecule has 26 heavy (non-hydrogen) atoms. The van der Waals surface area contributed by atoms with Gasteiger partial charge >= 0.3 is 0 Å². The molecule has 0 aliphatic carbocycles. The molecule has 1 rings (SSSR count). The smallest absolute Gasteiger partial charge is 0.170 e. The summed E-state index contributed by atoms with van der Waals surface area (Å²) in [7, 11) is 0. The van der Waals surface area contributed by atoms with Crippen molar-refractivity contribution in [3.8, 4) is 0 Å². The minimum atomic E-state index is 0.738. The lowest BCUT2D eigenvalue weighted by molar-refractivity contribution is 0.555. The van der Waals surface area contributed by atoms with Gasteiger partial charge in [-0.25, -0.2) is 0 Å². The normalized spacial score (nSPS) is 10.7. The van der Waals surface area contributed by atoms with Gasteiger partial charge in [0, 0.05) is 12.2 Å². The van der Waals surface area contributed by atoms with Crippen LogP contribution in [0.5, 0.6) is 0 Å². The van der Waals surface area contributed by atoms with Crippen molar-refractivity contribution < 1.29 is 0 Å². The van der Waals surface area contributed by atoms with Crippen LogP contribution in [0.4, 0.5) is 5.69 Å². The lowest BCUT2D eigenvalue weighted by atomic mass is 10.1. The van der Waals surface area contributed by atoms with E-state index in [1.807, 2.05) is 0 Å². The molecule has 0 bridgehead atoms. The summed E-state index contributed by atoms with van der Waals surface area (Å²) >= 11 is 5.39. The van der Waals surface area contributed by atoms with E-state index in [0.717, 1.165) is 23.8 Å². The molecule has 0 fully saturated rings. The maximum absolute atomic E-state index is 5.39. The molecule has 0 aromatic heterocycles. The van der Waals surface area contributed by atoms with Crippen molar-refractivity contribution in [2.24, 2.45) is 0 Å². The third kappa shape index (κ3) is 12.3. The average molecular weight is 377 g/mol. The molecule has 0 amide bonds. The zero-order valence-electron chi connectivity index (χ0n) is 17.1. The van der Waals surface area contributed by atoms with E-state index in [4.69, 9.17) is 12.2 Å². The molecule has 0 spiro atoms. The Morgan fingerprint density at radius 3 is 1.85 bits per heavy atom. The fourth-order valence-electron chi connectivity index (χ4n) is 3.13. The van der Waals surface area contributed by atoms with Gasteiger partial charge in [-0.1, -0.05) is 90.2 Å². The number of thiocarbonyl (C=S) groups is 1. The topological polar surface area (TPSA) is 24.1 Å². The summed E-state index contributed by atoms with van der Waals surface area (Å²) in [4.78, 5) is 0. The van der Waals surface area contributed by atoms with E-state index in [1.165, 1.54) is 82.6 Å². The van der Waals surface area contributed by atoms with E-state index in [9.17, 15) is 0 Å². The van der Waals surface area contributed by atoms with Crippen molar-refractivity contribution in [2.75, 3.05) is 11.9 Å². The van der Waals surface area contributed by atoms with Crippen molar-refractivity contribution >= 4 is 23.0 Å². The van der Waals surface area contributed by atoms with Crippen LogP contribution in [0.25, 0.3) is 0 Å². The molecule has 0 radical (unpaired) electrons. The van der Waals surface area contributed by atoms with Crippen LogP contribution < -0.4 is 10.6 Å². The molecule has 0 saturated heterocycles. The summed E-state index contributed by atoms with van der Waals surface area (Å²) < 4.78 is 0. The standard InChI is InChI=1S/C23H40N2S/c1-3-5-7-8-9-10-11-12-13-14-20-24-23(26)25-22-18-16-21(17-19-22)15-6-4-2/h16-19H,3-15,20H2,1-2H3,(H2,24,25,26). The highest BCUT2D eigenvalue weighted by molar-refractivity contribution is 7.80. The number of benzene rings is 1. The van der Waals surface area contributed by atoms with Crippen LogP contribution in [0.15, 0.2) is 24.3 Å². The first-order chi connectivity index (χ1) is 12.8. The lowest BCUT2D eigenvalue weighted by Gasteiger charge is -2.11. The Hall–Kier alpha value is -1.09. The molecule has 3 heteroatoms. The molecule has 0 aliphatic heterocycles.